The van der Waals surface area contributed by atoms with Crippen molar-refractivity contribution in [2.24, 2.45) is 0 Å². The number of hydrogen-bond donors (Lipinski definition) is 3. The Morgan fingerprint density at radius 3 is 1.78 bits per heavy atom. The number of aliphatic carboxylic acids is 1. The molecule has 0 unspecified atom stereocenters. The van der Waals surface area contributed by atoms with Gasteiger partial charge in [0, 0.05) is 18.7 Å². The van der Waals surface area contributed by atoms with E-state index in [1.165, 1.54) is 0 Å². The maximum Gasteiger partial charge on any atom is 0.394 e. The van der Waals surface area contributed by atoms with Gasteiger partial charge in [0.25, 0.3) is 0 Å². The minimum absolute atomic E-state index is 0.135. The van der Waals surface area contributed by atoms with E-state index in [4.69, 9.17) is 5.11 Å². The summed E-state index contributed by atoms with van der Waals surface area (Å²) in [5, 5.41) is 13.3. The molecule has 0 aliphatic rings. The van der Waals surface area contributed by atoms with E-state index in [-0.39, 0.29) is 5.91 Å². The molecule has 0 aliphatic heterocycles. The van der Waals surface area contributed by atoms with Gasteiger partial charge in [-0.05, 0) is 19.8 Å². The van der Waals surface area contributed by atoms with Crippen LogP contribution in [0, 0.1) is 0 Å². The lowest BCUT2D eigenvalue weighted by Gasteiger charge is -2.05. The largest absolute Gasteiger partial charge is 0.474 e. The number of nitrogens with one attached hydrogen (secondary N) is 2. The summed E-state index contributed by atoms with van der Waals surface area (Å²) >= 11 is 0. The van der Waals surface area contributed by atoms with Crippen molar-refractivity contribution in [3.63, 3.8) is 0 Å². The van der Waals surface area contributed by atoms with E-state index in [0.29, 0.717) is 18.7 Å². The second kappa shape index (κ2) is 9.21. The number of amides is 2. The molecule has 0 heterocycles. The zero-order valence-corrected chi connectivity index (χ0v) is 10.6. The van der Waals surface area contributed by atoms with Gasteiger partial charge in [0.15, 0.2) is 0 Å². The van der Waals surface area contributed by atoms with E-state index >= 15 is 0 Å². The monoisotopic (exact) mass is 256 g/mol. The molecule has 0 aromatic rings. The highest BCUT2D eigenvalue weighted by molar-refractivity contribution is 6.31. The normalized spacial score (nSPS) is 9.61. The molecule has 6 nitrogen and oxygen atoms in total. The van der Waals surface area contributed by atoms with Gasteiger partial charge >= 0.3 is 11.9 Å². The first-order chi connectivity index (χ1) is 8.45. The molecule has 2 amide bonds. The number of carboxylic acids is 1. The fourth-order valence-corrected chi connectivity index (χ4v) is 1.23. The van der Waals surface area contributed by atoms with Crippen molar-refractivity contribution in [2.45, 2.75) is 32.6 Å². The quantitative estimate of drug-likeness (QED) is 0.333. The molecule has 0 atom stereocenters. The Bertz CT molecular complexity index is 294. The number of unbranched alkanes of at least 4 members (excludes halogenated alkanes) is 3. The fourth-order valence-electron chi connectivity index (χ4n) is 1.23. The second-order valence-corrected chi connectivity index (χ2v) is 4.01. The van der Waals surface area contributed by atoms with Gasteiger partial charge in [-0.3, -0.25) is 9.59 Å². The summed E-state index contributed by atoms with van der Waals surface area (Å²) in [4.78, 5) is 31.9. The van der Waals surface area contributed by atoms with E-state index in [1.54, 1.807) is 6.92 Å². The molecular weight excluding hydrogens is 236 g/mol. The standard InChI is InChI=1S/C12H20N2O4/c1-9(2)10(15)13-7-5-3-4-6-8-14-11(16)12(17)18/h1,3-8H2,2H3,(H,13,15)(H,14,16)(H,17,18). The summed E-state index contributed by atoms with van der Waals surface area (Å²) < 4.78 is 0. The van der Waals surface area contributed by atoms with Crippen LogP contribution < -0.4 is 10.6 Å². The van der Waals surface area contributed by atoms with Crippen molar-refractivity contribution in [1.82, 2.24) is 10.6 Å². The summed E-state index contributed by atoms with van der Waals surface area (Å²) in [6, 6.07) is 0. The van der Waals surface area contributed by atoms with Crippen LogP contribution in [0.25, 0.3) is 0 Å². The molecule has 0 rings (SSSR count). The highest BCUT2D eigenvalue weighted by Crippen LogP contribution is 1.98. The molecule has 0 bridgehead atoms. The zero-order chi connectivity index (χ0) is 14.0. The van der Waals surface area contributed by atoms with Crippen LogP contribution in [-0.2, 0) is 14.4 Å². The molecule has 0 saturated carbocycles. The molecular formula is C12H20N2O4. The lowest BCUT2D eigenvalue weighted by Crippen LogP contribution is -2.31. The molecule has 102 valence electrons. The zero-order valence-electron chi connectivity index (χ0n) is 10.6. The van der Waals surface area contributed by atoms with Crippen LogP contribution in [0.15, 0.2) is 12.2 Å². The number of carboxylic acid groups (broad SMARTS) is 1. The van der Waals surface area contributed by atoms with Crippen LogP contribution in [0.1, 0.15) is 32.6 Å². The molecule has 0 fully saturated rings. The number of hydrogen-bond acceptors (Lipinski definition) is 3. The number of carbonyl (C=O) groups excluding carboxylic acids is 2. The van der Waals surface area contributed by atoms with E-state index in [9.17, 15) is 14.4 Å². The van der Waals surface area contributed by atoms with Gasteiger partial charge < -0.3 is 15.7 Å². The SMILES string of the molecule is C=C(C)C(=O)NCCCCCCNC(=O)C(=O)O. The molecule has 0 spiro atoms. The van der Waals surface area contributed by atoms with Gasteiger partial charge in [0.05, 0.1) is 0 Å². The van der Waals surface area contributed by atoms with Crippen LogP contribution >= 0.6 is 0 Å². The minimum Gasteiger partial charge on any atom is -0.474 e. The Balaban J connectivity index is 3.32. The first-order valence-corrected chi connectivity index (χ1v) is 5.90. The summed E-state index contributed by atoms with van der Waals surface area (Å²) in [5.74, 6) is -2.56. The topological polar surface area (TPSA) is 95.5 Å². The van der Waals surface area contributed by atoms with Gasteiger partial charge in [0.1, 0.15) is 0 Å². The Morgan fingerprint density at radius 1 is 0.944 bits per heavy atom. The molecule has 0 aliphatic carbocycles. The van der Waals surface area contributed by atoms with Gasteiger partial charge in [-0.25, -0.2) is 4.79 Å². The molecule has 6 heteroatoms. The molecule has 0 radical (unpaired) electrons. The van der Waals surface area contributed by atoms with Crippen molar-refractivity contribution in [3.05, 3.63) is 12.2 Å². The van der Waals surface area contributed by atoms with E-state index in [0.717, 1.165) is 25.7 Å². The third-order valence-corrected chi connectivity index (χ3v) is 2.26. The van der Waals surface area contributed by atoms with E-state index in [2.05, 4.69) is 17.2 Å². The second-order valence-electron chi connectivity index (χ2n) is 4.01. The van der Waals surface area contributed by atoms with Crippen molar-refractivity contribution >= 4 is 17.8 Å². The van der Waals surface area contributed by atoms with Crippen molar-refractivity contribution < 1.29 is 19.5 Å². The summed E-state index contributed by atoms with van der Waals surface area (Å²) in [7, 11) is 0. The van der Waals surface area contributed by atoms with Crippen LogP contribution in [0.2, 0.25) is 0 Å². The van der Waals surface area contributed by atoms with Crippen LogP contribution in [-0.4, -0.2) is 36.0 Å². The van der Waals surface area contributed by atoms with Crippen LogP contribution in [0.4, 0.5) is 0 Å². The Morgan fingerprint density at radius 2 is 1.39 bits per heavy atom. The van der Waals surface area contributed by atoms with Gasteiger partial charge in [-0.1, -0.05) is 19.4 Å². The number of carbonyl (C=O) groups is 3. The Labute approximate surface area is 106 Å². The first kappa shape index (κ1) is 16.1. The molecule has 0 saturated heterocycles. The first-order valence-electron chi connectivity index (χ1n) is 5.90. The van der Waals surface area contributed by atoms with Gasteiger partial charge in [-0.2, -0.15) is 0 Å². The Hall–Kier alpha value is -1.85. The molecule has 3 N–H and O–H groups in total. The van der Waals surface area contributed by atoms with Crippen molar-refractivity contribution in [3.8, 4) is 0 Å². The molecule has 0 aromatic heterocycles. The lowest BCUT2D eigenvalue weighted by molar-refractivity contribution is -0.150. The lowest BCUT2D eigenvalue weighted by atomic mass is 10.2. The summed E-state index contributed by atoms with van der Waals surface area (Å²) in [5.41, 5.74) is 0.492. The number of rotatable bonds is 8. The highest BCUT2D eigenvalue weighted by atomic mass is 16.4. The smallest absolute Gasteiger partial charge is 0.394 e. The maximum atomic E-state index is 11.1. The predicted octanol–water partition coefficient (Wildman–Crippen LogP) is 0.440. The average molecular weight is 256 g/mol. The summed E-state index contributed by atoms with van der Waals surface area (Å²) in [6.45, 7) is 6.15. The van der Waals surface area contributed by atoms with Crippen molar-refractivity contribution in [2.75, 3.05) is 13.1 Å². The Kier molecular flexibility index (Phi) is 8.26. The average Bonchev–Trinajstić information content (AvgIpc) is 2.31. The minimum atomic E-state index is -1.46. The van der Waals surface area contributed by atoms with Crippen molar-refractivity contribution in [1.29, 1.82) is 0 Å². The van der Waals surface area contributed by atoms with E-state index in [1.807, 2.05) is 0 Å². The fraction of sp³-hybridized carbons (Fsp3) is 0.583. The third-order valence-electron chi connectivity index (χ3n) is 2.26. The summed E-state index contributed by atoms with van der Waals surface area (Å²) in [6.07, 6.45) is 3.38. The molecule has 18 heavy (non-hydrogen) atoms. The maximum absolute atomic E-state index is 11.1. The van der Waals surface area contributed by atoms with E-state index < -0.39 is 11.9 Å². The third kappa shape index (κ3) is 8.32. The van der Waals surface area contributed by atoms with Crippen LogP contribution in [0.5, 0.6) is 0 Å². The van der Waals surface area contributed by atoms with Crippen LogP contribution in [0.3, 0.4) is 0 Å². The van der Waals surface area contributed by atoms with Gasteiger partial charge in [0.2, 0.25) is 5.91 Å². The predicted molar refractivity (Wildman–Crippen MR) is 66.9 cm³/mol. The van der Waals surface area contributed by atoms with Gasteiger partial charge in [-0.15, -0.1) is 0 Å². The molecule has 0 aromatic carbocycles. The highest BCUT2D eigenvalue weighted by Gasteiger charge is 2.08.